The molecule has 0 aliphatic heterocycles. The largest absolute Gasteiger partial charge is 0.396 e. The van der Waals surface area contributed by atoms with Gasteiger partial charge < -0.3 is 10.8 Å². The Morgan fingerprint density at radius 3 is 2.29 bits per heavy atom. The fourth-order valence-electron chi connectivity index (χ4n) is 3.33. The first-order chi connectivity index (χ1) is 6.46. The van der Waals surface area contributed by atoms with Crippen molar-refractivity contribution in [2.24, 2.45) is 16.6 Å². The predicted molar refractivity (Wildman–Crippen MR) is 60.0 cm³/mol. The maximum absolute atomic E-state index is 9.21. The second-order valence-electron chi connectivity index (χ2n) is 5.51. The zero-order valence-corrected chi connectivity index (χ0v) is 9.84. The van der Waals surface area contributed by atoms with E-state index in [0.717, 1.165) is 6.42 Å². The van der Waals surface area contributed by atoms with E-state index in [2.05, 4.69) is 20.8 Å². The Balaban J connectivity index is 2.92. The third-order valence-corrected chi connectivity index (χ3v) is 4.45. The normalized spacial score (nSPS) is 34.1. The highest BCUT2D eigenvalue weighted by molar-refractivity contribution is 5.00. The minimum absolute atomic E-state index is 0.153. The van der Waals surface area contributed by atoms with Gasteiger partial charge in [-0.3, -0.25) is 0 Å². The van der Waals surface area contributed by atoms with E-state index < -0.39 is 0 Å². The van der Waals surface area contributed by atoms with Crippen LogP contribution in [0.4, 0.5) is 0 Å². The van der Waals surface area contributed by atoms with Crippen molar-refractivity contribution in [1.29, 1.82) is 0 Å². The predicted octanol–water partition coefficient (Wildman–Crippen LogP) is 2.30. The highest BCUT2D eigenvalue weighted by atomic mass is 16.3. The van der Waals surface area contributed by atoms with Gasteiger partial charge in [-0.15, -0.1) is 0 Å². The lowest BCUT2D eigenvalue weighted by atomic mass is 9.53. The van der Waals surface area contributed by atoms with Crippen molar-refractivity contribution in [3.63, 3.8) is 0 Å². The molecule has 1 aliphatic carbocycles. The molecule has 0 spiro atoms. The monoisotopic (exact) mass is 199 g/mol. The second kappa shape index (κ2) is 4.19. The standard InChI is InChI=1S/C12H25NO/c1-10(13)12(8-9-14)7-5-4-6-11(12,2)3/h10,14H,4-9,13H2,1-3H3. The van der Waals surface area contributed by atoms with Gasteiger partial charge in [0.15, 0.2) is 0 Å². The molecule has 84 valence electrons. The fourth-order valence-corrected chi connectivity index (χ4v) is 3.33. The van der Waals surface area contributed by atoms with Crippen LogP contribution in [-0.2, 0) is 0 Å². The van der Waals surface area contributed by atoms with Gasteiger partial charge >= 0.3 is 0 Å². The third kappa shape index (κ3) is 1.82. The van der Waals surface area contributed by atoms with Gasteiger partial charge in [0.1, 0.15) is 0 Å². The molecule has 0 radical (unpaired) electrons. The summed E-state index contributed by atoms with van der Waals surface area (Å²) in [5.74, 6) is 0. The number of nitrogens with two attached hydrogens (primary N) is 1. The van der Waals surface area contributed by atoms with E-state index in [1.807, 2.05) is 0 Å². The topological polar surface area (TPSA) is 46.2 Å². The molecule has 1 fully saturated rings. The lowest BCUT2D eigenvalue weighted by molar-refractivity contribution is -0.0244. The molecular weight excluding hydrogens is 174 g/mol. The Labute approximate surface area is 87.9 Å². The molecule has 0 bridgehead atoms. The van der Waals surface area contributed by atoms with Crippen LogP contribution in [-0.4, -0.2) is 17.8 Å². The van der Waals surface area contributed by atoms with Crippen molar-refractivity contribution >= 4 is 0 Å². The zero-order chi connectivity index (χ0) is 10.8. The van der Waals surface area contributed by atoms with E-state index >= 15 is 0 Å². The minimum Gasteiger partial charge on any atom is -0.396 e. The van der Waals surface area contributed by atoms with E-state index in [4.69, 9.17) is 5.73 Å². The Morgan fingerprint density at radius 2 is 1.86 bits per heavy atom. The summed E-state index contributed by atoms with van der Waals surface area (Å²) in [6, 6.07) is 0.185. The molecule has 14 heavy (non-hydrogen) atoms. The fraction of sp³-hybridized carbons (Fsp3) is 1.00. The lowest BCUT2D eigenvalue weighted by Crippen LogP contribution is -2.52. The van der Waals surface area contributed by atoms with Crippen LogP contribution >= 0.6 is 0 Å². The lowest BCUT2D eigenvalue weighted by Gasteiger charge is -2.53. The van der Waals surface area contributed by atoms with Crippen LogP contribution < -0.4 is 5.73 Å². The number of aliphatic hydroxyl groups excluding tert-OH is 1. The van der Waals surface area contributed by atoms with Crippen molar-refractivity contribution in [3.8, 4) is 0 Å². The summed E-state index contributed by atoms with van der Waals surface area (Å²) in [4.78, 5) is 0. The van der Waals surface area contributed by atoms with Crippen molar-refractivity contribution in [2.75, 3.05) is 6.61 Å². The number of hydrogen-bond donors (Lipinski definition) is 2. The molecule has 0 saturated heterocycles. The number of hydrogen-bond acceptors (Lipinski definition) is 2. The van der Waals surface area contributed by atoms with Crippen LogP contribution in [0.5, 0.6) is 0 Å². The number of rotatable bonds is 3. The van der Waals surface area contributed by atoms with Crippen LogP contribution in [0.15, 0.2) is 0 Å². The molecule has 0 aromatic heterocycles. The highest BCUT2D eigenvalue weighted by Crippen LogP contribution is 2.53. The first-order valence-electron chi connectivity index (χ1n) is 5.83. The summed E-state index contributed by atoms with van der Waals surface area (Å²) in [6.45, 7) is 6.99. The van der Waals surface area contributed by atoms with Gasteiger partial charge in [0.05, 0.1) is 0 Å². The molecule has 0 heterocycles. The summed E-state index contributed by atoms with van der Waals surface area (Å²) in [5, 5.41) is 9.21. The van der Waals surface area contributed by atoms with Crippen molar-refractivity contribution in [2.45, 2.75) is 58.9 Å². The van der Waals surface area contributed by atoms with E-state index in [0.29, 0.717) is 0 Å². The molecule has 1 saturated carbocycles. The quantitative estimate of drug-likeness (QED) is 0.732. The van der Waals surface area contributed by atoms with E-state index in [1.54, 1.807) is 0 Å². The molecule has 2 unspecified atom stereocenters. The Hall–Kier alpha value is -0.0800. The summed E-state index contributed by atoms with van der Waals surface area (Å²) in [6.07, 6.45) is 5.86. The Morgan fingerprint density at radius 1 is 1.29 bits per heavy atom. The molecule has 3 N–H and O–H groups in total. The average molecular weight is 199 g/mol. The molecule has 2 atom stereocenters. The molecule has 1 aliphatic rings. The number of aliphatic hydroxyl groups is 1. The van der Waals surface area contributed by atoms with Gasteiger partial charge in [0.2, 0.25) is 0 Å². The van der Waals surface area contributed by atoms with Gasteiger partial charge in [0.25, 0.3) is 0 Å². The molecule has 0 amide bonds. The summed E-state index contributed by atoms with van der Waals surface area (Å²) < 4.78 is 0. The maximum Gasteiger partial charge on any atom is 0.0437 e. The molecule has 1 rings (SSSR count). The molecular formula is C12H25NO. The molecule has 0 aromatic carbocycles. The smallest absolute Gasteiger partial charge is 0.0437 e. The molecule has 2 heteroatoms. The van der Waals surface area contributed by atoms with Gasteiger partial charge in [-0.1, -0.05) is 26.7 Å². The first kappa shape index (κ1) is 12.0. The highest BCUT2D eigenvalue weighted by Gasteiger charge is 2.48. The van der Waals surface area contributed by atoms with Crippen LogP contribution in [0.1, 0.15) is 52.9 Å². The van der Waals surface area contributed by atoms with Gasteiger partial charge in [-0.05, 0) is 37.0 Å². The maximum atomic E-state index is 9.21. The van der Waals surface area contributed by atoms with Crippen LogP contribution in [0.25, 0.3) is 0 Å². The van der Waals surface area contributed by atoms with Crippen LogP contribution in [0.2, 0.25) is 0 Å². The first-order valence-corrected chi connectivity index (χ1v) is 5.83. The SMILES string of the molecule is CC(N)C1(CCO)CCCCC1(C)C. The van der Waals surface area contributed by atoms with Crippen molar-refractivity contribution in [1.82, 2.24) is 0 Å². The van der Waals surface area contributed by atoms with Crippen LogP contribution in [0.3, 0.4) is 0 Å². The summed E-state index contributed by atoms with van der Waals surface area (Å²) in [7, 11) is 0. The Bertz CT molecular complexity index is 185. The second-order valence-corrected chi connectivity index (χ2v) is 5.51. The Kier molecular flexibility index (Phi) is 3.59. The van der Waals surface area contributed by atoms with Crippen molar-refractivity contribution < 1.29 is 5.11 Å². The van der Waals surface area contributed by atoms with Gasteiger partial charge in [-0.2, -0.15) is 0 Å². The van der Waals surface area contributed by atoms with E-state index in [-0.39, 0.29) is 23.5 Å². The van der Waals surface area contributed by atoms with Gasteiger partial charge in [0, 0.05) is 12.6 Å². The van der Waals surface area contributed by atoms with Crippen LogP contribution in [0, 0.1) is 10.8 Å². The van der Waals surface area contributed by atoms with Crippen molar-refractivity contribution in [3.05, 3.63) is 0 Å². The molecule has 0 aromatic rings. The van der Waals surface area contributed by atoms with E-state index in [1.165, 1.54) is 25.7 Å². The summed E-state index contributed by atoms with van der Waals surface area (Å²) in [5.41, 5.74) is 6.59. The van der Waals surface area contributed by atoms with E-state index in [9.17, 15) is 5.11 Å². The summed E-state index contributed by atoms with van der Waals surface area (Å²) >= 11 is 0. The third-order valence-electron chi connectivity index (χ3n) is 4.45. The minimum atomic E-state index is 0.153. The van der Waals surface area contributed by atoms with Gasteiger partial charge in [-0.25, -0.2) is 0 Å². The molecule has 2 nitrogen and oxygen atoms in total. The zero-order valence-electron chi connectivity index (χ0n) is 9.84. The average Bonchev–Trinajstić information content (AvgIpc) is 2.08.